The van der Waals surface area contributed by atoms with Crippen LogP contribution in [-0.2, 0) is 42.3 Å². The molecule has 0 aliphatic carbocycles. The first kappa shape index (κ1) is 32.2. The van der Waals surface area contributed by atoms with Gasteiger partial charge < -0.3 is 9.13 Å². The van der Waals surface area contributed by atoms with E-state index >= 15 is 0 Å². The van der Waals surface area contributed by atoms with E-state index in [1.165, 1.54) is 23.2 Å². The molecule has 0 N–H and O–H groups in total. The van der Waals surface area contributed by atoms with Crippen molar-refractivity contribution in [1.29, 1.82) is 0 Å². The molecule has 4 aromatic heterocycles. The van der Waals surface area contributed by atoms with Crippen molar-refractivity contribution in [3.63, 3.8) is 0 Å². The van der Waals surface area contributed by atoms with E-state index in [4.69, 9.17) is 23.2 Å². The molecule has 0 amide bonds. The summed E-state index contributed by atoms with van der Waals surface area (Å²) in [6, 6.07) is 14.8. The summed E-state index contributed by atoms with van der Waals surface area (Å²) in [6.07, 6.45) is 7.29. The quantitative estimate of drug-likeness (QED) is 0.285. The second-order valence-corrected chi connectivity index (χ2v) is 11.5. The molecule has 2 aromatic carbocycles. The lowest BCUT2D eigenvalue weighted by Crippen LogP contribution is -2.37. The highest BCUT2D eigenvalue weighted by atomic mass is 35.5. The first-order chi connectivity index (χ1) is 21.8. The first-order valence-electron chi connectivity index (χ1n) is 13.9. The van der Waals surface area contributed by atoms with Crippen LogP contribution in [0.1, 0.15) is 22.8 Å². The van der Waals surface area contributed by atoms with Crippen LogP contribution in [0.25, 0.3) is 46.6 Å². The highest BCUT2D eigenvalue weighted by molar-refractivity contribution is 6.31. The minimum atomic E-state index is -0.397. The molecule has 46 heavy (non-hydrogen) atoms. The van der Waals surface area contributed by atoms with Gasteiger partial charge in [-0.3, -0.25) is 27.9 Å². The third kappa shape index (κ3) is 5.92. The number of aromatic nitrogens is 8. The second kappa shape index (κ2) is 12.7. The molecule has 0 saturated heterocycles. The first-order valence-corrected chi connectivity index (χ1v) is 14.7. The normalized spacial score (nSPS) is 11.7. The third-order valence-corrected chi connectivity index (χ3v) is 8.04. The predicted octanol–water partition coefficient (Wildman–Crippen LogP) is 3.59. The maximum Gasteiger partial charge on any atom is 0.332 e. The van der Waals surface area contributed by atoms with E-state index < -0.39 is 11.4 Å². The smallest absolute Gasteiger partial charge is 0.322 e. The summed E-state index contributed by atoms with van der Waals surface area (Å²) in [5, 5.41) is 1.29. The lowest BCUT2D eigenvalue weighted by molar-refractivity contribution is 0.705. The SMILES string of the molecule is Cn1c(=O)c2c(nc(C=Cc3cccc(Cl)c3)n2C)n(C)c1=O.Cn1c(=O)c2c(nc(C=Cc3cccc(Cl)c3)n2C)n(C)c1=O. The van der Waals surface area contributed by atoms with Crippen LogP contribution >= 0.6 is 23.2 Å². The van der Waals surface area contributed by atoms with Crippen LogP contribution in [0.3, 0.4) is 0 Å². The van der Waals surface area contributed by atoms with E-state index in [9.17, 15) is 19.2 Å². The molecule has 236 valence electrons. The van der Waals surface area contributed by atoms with Gasteiger partial charge in [-0.2, -0.15) is 0 Å². The Balaban J connectivity index is 0.000000181. The molecule has 6 rings (SSSR count). The van der Waals surface area contributed by atoms with E-state index in [0.717, 1.165) is 20.3 Å². The van der Waals surface area contributed by atoms with Crippen molar-refractivity contribution in [2.24, 2.45) is 42.3 Å². The van der Waals surface area contributed by atoms with Crippen molar-refractivity contribution in [1.82, 2.24) is 37.4 Å². The zero-order valence-corrected chi connectivity index (χ0v) is 27.4. The number of hydrogen-bond acceptors (Lipinski definition) is 6. The summed E-state index contributed by atoms with van der Waals surface area (Å²) in [5.74, 6) is 1.16. The monoisotopic (exact) mass is 660 g/mol. The molecule has 0 unspecified atom stereocenters. The van der Waals surface area contributed by atoms with Gasteiger partial charge in [0.25, 0.3) is 11.1 Å². The van der Waals surface area contributed by atoms with Gasteiger partial charge in [-0.05, 0) is 47.5 Å². The van der Waals surface area contributed by atoms with Gasteiger partial charge in [-0.1, -0.05) is 59.6 Å². The van der Waals surface area contributed by atoms with Crippen molar-refractivity contribution < 1.29 is 0 Å². The van der Waals surface area contributed by atoms with Crippen molar-refractivity contribution in [2.75, 3.05) is 0 Å². The van der Waals surface area contributed by atoms with Crippen LogP contribution in [0.15, 0.2) is 67.7 Å². The van der Waals surface area contributed by atoms with Gasteiger partial charge in [-0.25, -0.2) is 19.6 Å². The molecule has 0 radical (unpaired) electrons. The number of rotatable bonds is 4. The number of hydrogen-bond donors (Lipinski definition) is 0. The molecule has 12 nitrogen and oxygen atoms in total. The van der Waals surface area contributed by atoms with Crippen LogP contribution in [-0.4, -0.2) is 37.4 Å². The van der Waals surface area contributed by atoms with Crippen LogP contribution in [0.2, 0.25) is 10.0 Å². The number of nitrogens with zero attached hydrogens (tertiary/aromatic N) is 8. The molecular weight excluding hydrogens is 631 g/mol. The average molecular weight is 662 g/mol. The maximum atomic E-state index is 12.3. The summed E-state index contributed by atoms with van der Waals surface area (Å²) < 4.78 is 8.25. The van der Waals surface area contributed by atoms with Crippen molar-refractivity contribution in [3.8, 4) is 0 Å². The summed E-state index contributed by atoms with van der Waals surface area (Å²) in [7, 11) is 9.61. The van der Waals surface area contributed by atoms with Gasteiger partial charge in [0.1, 0.15) is 11.6 Å². The molecule has 0 fully saturated rings. The van der Waals surface area contributed by atoms with Gasteiger partial charge >= 0.3 is 11.4 Å². The molecule has 6 aromatic rings. The number of benzene rings is 2. The lowest BCUT2D eigenvalue weighted by Gasteiger charge is -2.03. The summed E-state index contributed by atoms with van der Waals surface area (Å²) in [5.41, 5.74) is 1.84. The molecule has 0 saturated carbocycles. The highest BCUT2D eigenvalue weighted by Crippen LogP contribution is 2.17. The fraction of sp³-hybridized carbons (Fsp3) is 0.188. The zero-order valence-electron chi connectivity index (χ0n) is 25.9. The molecule has 0 atom stereocenters. The Morgan fingerprint density at radius 1 is 0.522 bits per heavy atom. The molecular formula is C32H30Cl2N8O4. The largest absolute Gasteiger partial charge is 0.332 e. The predicted molar refractivity (Wildman–Crippen MR) is 183 cm³/mol. The number of aryl methyl sites for hydroxylation is 4. The average Bonchev–Trinajstić information content (AvgIpc) is 3.55. The van der Waals surface area contributed by atoms with Gasteiger partial charge in [0.05, 0.1) is 0 Å². The summed E-state index contributed by atoms with van der Waals surface area (Å²) >= 11 is 11.9. The Hall–Kier alpha value is -5.20. The van der Waals surface area contributed by atoms with Crippen molar-refractivity contribution in [3.05, 3.63) is 123 Å². The fourth-order valence-corrected chi connectivity index (χ4v) is 5.33. The zero-order chi connectivity index (χ0) is 33.4. The topological polar surface area (TPSA) is 124 Å². The van der Waals surface area contributed by atoms with Crippen LogP contribution < -0.4 is 22.5 Å². The summed E-state index contributed by atoms with van der Waals surface area (Å²) in [4.78, 5) is 57.4. The minimum absolute atomic E-state index is 0.361. The maximum absolute atomic E-state index is 12.3. The molecule has 0 spiro atoms. The number of imidazole rings is 2. The Kier molecular flexibility index (Phi) is 8.86. The fourth-order valence-electron chi connectivity index (χ4n) is 4.93. The van der Waals surface area contributed by atoms with E-state index in [-0.39, 0.29) is 11.1 Å². The van der Waals surface area contributed by atoms with Crippen molar-refractivity contribution >= 4 is 69.8 Å². The highest BCUT2D eigenvalue weighted by Gasteiger charge is 2.16. The van der Waals surface area contributed by atoms with E-state index in [2.05, 4.69) is 9.97 Å². The standard InChI is InChI=1S/2C16H15ClN4O2/c2*1-19-12(8-7-10-5-4-6-11(17)9-10)18-14-13(19)15(22)21(3)16(23)20(14)2/h2*4-9H,1-3H3. The lowest BCUT2D eigenvalue weighted by atomic mass is 10.2. The van der Waals surface area contributed by atoms with E-state index in [1.54, 1.807) is 61.6 Å². The van der Waals surface area contributed by atoms with Crippen LogP contribution in [0, 0.1) is 0 Å². The van der Waals surface area contributed by atoms with Gasteiger partial charge in [0.2, 0.25) is 0 Å². The molecule has 0 aliphatic rings. The Labute approximate surface area is 271 Å². The summed E-state index contributed by atoms with van der Waals surface area (Å²) in [6.45, 7) is 0. The minimum Gasteiger partial charge on any atom is -0.322 e. The molecule has 4 heterocycles. The Morgan fingerprint density at radius 3 is 1.24 bits per heavy atom. The van der Waals surface area contributed by atoms with Gasteiger partial charge in [0.15, 0.2) is 22.3 Å². The van der Waals surface area contributed by atoms with E-state index in [1.807, 2.05) is 48.6 Å². The number of halogens is 2. The Morgan fingerprint density at radius 2 is 0.891 bits per heavy atom. The Bertz CT molecular complexity index is 2280. The molecule has 14 heteroatoms. The van der Waals surface area contributed by atoms with Crippen LogP contribution in [0.5, 0.6) is 0 Å². The third-order valence-electron chi connectivity index (χ3n) is 7.57. The van der Waals surface area contributed by atoms with Gasteiger partial charge in [0, 0.05) is 52.3 Å². The second-order valence-electron chi connectivity index (χ2n) is 10.6. The van der Waals surface area contributed by atoms with E-state index in [0.29, 0.717) is 44.0 Å². The molecule has 0 aliphatic heterocycles. The van der Waals surface area contributed by atoms with Crippen LogP contribution in [0.4, 0.5) is 0 Å². The number of fused-ring (bicyclic) bond motifs is 2. The van der Waals surface area contributed by atoms with Gasteiger partial charge in [-0.15, -0.1) is 0 Å². The van der Waals surface area contributed by atoms with Crippen molar-refractivity contribution in [2.45, 2.75) is 0 Å². The molecule has 0 bridgehead atoms.